The molecule has 0 amide bonds. The Bertz CT molecular complexity index is 588. The van der Waals surface area contributed by atoms with E-state index in [1.807, 2.05) is 0 Å². The van der Waals surface area contributed by atoms with E-state index >= 15 is 0 Å². The second-order valence-electron chi connectivity index (χ2n) is 5.36. The van der Waals surface area contributed by atoms with Crippen molar-refractivity contribution in [3.8, 4) is 5.75 Å². The Kier molecular flexibility index (Phi) is 4.54. The molecule has 0 bridgehead atoms. The van der Waals surface area contributed by atoms with Gasteiger partial charge in [0.1, 0.15) is 5.75 Å². The molecule has 0 radical (unpaired) electrons. The maximum atomic E-state index is 5.45. The standard InChI is InChI=1S/C18H21BrO/c1-11-7-6-8-12(2)16(11)17(19)15-9-13(3)18(20-5)14(4)10-15/h6-10,17H,1-5H3. The van der Waals surface area contributed by atoms with Gasteiger partial charge in [0, 0.05) is 0 Å². The van der Waals surface area contributed by atoms with Crippen molar-refractivity contribution in [3.63, 3.8) is 0 Å². The Morgan fingerprint density at radius 2 is 1.40 bits per heavy atom. The molecule has 0 aliphatic rings. The summed E-state index contributed by atoms with van der Waals surface area (Å²) >= 11 is 3.87. The van der Waals surface area contributed by atoms with Crippen molar-refractivity contribution in [1.29, 1.82) is 0 Å². The largest absolute Gasteiger partial charge is 0.496 e. The molecule has 2 aromatic carbocycles. The molecule has 0 aliphatic heterocycles. The summed E-state index contributed by atoms with van der Waals surface area (Å²) in [5, 5.41) is 0. The monoisotopic (exact) mass is 332 g/mol. The van der Waals surface area contributed by atoms with E-state index in [9.17, 15) is 0 Å². The maximum Gasteiger partial charge on any atom is 0.124 e. The van der Waals surface area contributed by atoms with Gasteiger partial charge in [-0.15, -0.1) is 0 Å². The molecule has 0 spiro atoms. The Labute approximate surface area is 130 Å². The predicted molar refractivity (Wildman–Crippen MR) is 89.2 cm³/mol. The number of alkyl halides is 1. The molecule has 0 aromatic heterocycles. The molecule has 0 heterocycles. The molecule has 106 valence electrons. The van der Waals surface area contributed by atoms with Crippen LogP contribution in [0.1, 0.15) is 38.2 Å². The van der Waals surface area contributed by atoms with E-state index < -0.39 is 0 Å². The number of hydrogen-bond donors (Lipinski definition) is 0. The van der Waals surface area contributed by atoms with E-state index in [4.69, 9.17) is 4.74 Å². The fourth-order valence-corrected chi connectivity index (χ4v) is 3.83. The zero-order valence-electron chi connectivity index (χ0n) is 12.8. The van der Waals surface area contributed by atoms with Crippen molar-refractivity contribution >= 4 is 15.9 Å². The summed E-state index contributed by atoms with van der Waals surface area (Å²) in [6.07, 6.45) is 0. The zero-order chi connectivity index (χ0) is 14.9. The lowest BCUT2D eigenvalue weighted by Crippen LogP contribution is -2.01. The Morgan fingerprint density at radius 3 is 1.85 bits per heavy atom. The number of aryl methyl sites for hydroxylation is 4. The number of halogens is 1. The fourth-order valence-electron chi connectivity index (χ4n) is 2.85. The van der Waals surface area contributed by atoms with Crippen molar-refractivity contribution in [2.45, 2.75) is 32.5 Å². The minimum absolute atomic E-state index is 0.215. The average Bonchev–Trinajstić information content (AvgIpc) is 2.37. The van der Waals surface area contributed by atoms with Gasteiger partial charge >= 0.3 is 0 Å². The third-order valence-electron chi connectivity index (χ3n) is 3.78. The van der Waals surface area contributed by atoms with Crippen LogP contribution in [0.15, 0.2) is 30.3 Å². The zero-order valence-corrected chi connectivity index (χ0v) is 14.3. The molecule has 0 aliphatic carbocycles. The Hall–Kier alpha value is -1.28. The molecule has 20 heavy (non-hydrogen) atoms. The highest BCUT2D eigenvalue weighted by atomic mass is 79.9. The van der Waals surface area contributed by atoms with Crippen LogP contribution in [0.3, 0.4) is 0 Å². The molecule has 2 heteroatoms. The third-order valence-corrected chi connectivity index (χ3v) is 4.76. The van der Waals surface area contributed by atoms with Crippen LogP contribution in [0.4, 0.5) is 0 Å². The van der Waals surface area contributed by atoms with Crippen LogP contribution in [0.25, 0.3) is 0 Å². The van der Waals surface area contributed by atoms with Crippen molar-refractivity contribution < 1.29 is 4.74 Å². The molecule has 0 fully saturated rings. The average molecular weight is 333 g/mol. The molecule has 0 saturated heterocycles. The highest BCUT2D eigenvalue weighted by Crippen LogP contribution is 2.37. The van der Waals surface area contributed by atoms with Gasteiger partial charge in [0.2, 0.25) is 0 Å². The lowest BCUT2D eigenvalue weighted by atomic mass is 9.94. The molecule has 2 rings (SSSR count). The van der Waals surface area contributed by atoms with Gasteiger partial charge in [0.15, 0.2) is 0 Å². The van der Waals surface area contributed by atoms with Crippen molar-refractivity contribution in [3.05, 3.63) is 63.7 Å². The van der Waals surface area contributed by atoms with Crippen molar-refractivity contribution in [1.82, 2.24) is 0 Å². The second-order valence-corrected chi connectivity index (χ2v) is 6.27. The fraction of sp³-hybridized carbons (Fsp3) is 0.333. The SMILES string of the molecule is COc1c(C)cc(C(Br)c2c(C)cccc2C)cc1C. The lowest BCUT2D eigenvalue weighted by molar-refractivity contribution is 0.408. The van der Waals surface area contributed by atoms with Crippen molar-refractivity contribution in [2.24, 2.45) is 0 Å². The van der Waals surface area contributed by atoms with Crippen LogP contribution < -0.4 is 4.74 Å². The van der Waals surface area contributed by atoms with Gasteiger partial charge in [-0.25, -0.2) is 0 Å². The van der Waals surface area contributed by atoms with Crippen LogP contribution in [-0.2, 0) is 0 Å². The lowest BCUT2D eigenvalue weighted by Gasteiger charge is -2.19. The highest BCUT2D eigenvalue weighted by molar-refractivity contribution is 9.09. The number of benzene rings is 2. The summed E-state index contributed by atoms with van der Waals surface area (Å²) in [4.78, 5) is 0.215. The van der Waals surface area contributed by atoms with Crippen LogP contribution in [0.2, 0.25) is 0 Å². The Balaban J connectivity index is 2.52. The summed E-state index contributed by atoms with van der Waals surface area (Å²) in [6.45, 7) is 8.53. The van der Waals surface area contributed by atoms with Gasteiger partial charge in [-0.3, -0.25) is 0 Å². The van der Waals surface area contributed by atoms with Crippen molar-refractivity contribution in [2.75, 3.05) is 7.11 Å². The highest BCUT2D eigenvalue weighted by Gasteiger charge is 2.17. The molecule has 0 saturated carbocycles. The third kappa shape index (κ3) is 2.76. The van der Waals surface area contributed by atoms with E-state index in [1.54, 1.807) is 7.11 Å². The van der Waals surface area contributed by atoms with Gasteiger partial charge in [-0.2, -0.15) is 0 Å². The molecular formula is C18H21BrO. The van der Waals surface area contributed by atoms with Gasteiger partial charge in [0.25, 0.3) is 0 Å². The summed E-state index contributed by atoms with van der Waals surface area (Å²) in [6, 6.07) is 10.9. The van der Waals surface area contributed by atoms with E-state index in [2.05, 4.69) is 74.0 Å². The molecule has 1 nitrogen and oxygen atoms in total. The minimum atomic E-state index is 0.215. The Morgan fingerprint density at radius 1 is 0.900 bits per heavy atom. The van der Waals surface area contributed by atoms with Gasteiger partial charge < -0.3 is 4.74 Å². The maximum absolute atomic E-state index is 5.45. The van der Waals surface area contributed by atoms with Gasteiger partial charge in [-0.05, 0) is 61.1 Å². The summed E-state index contributed by atoms with van der Waals surface area (Å²) in [5.74, 6) is 0.981. The number of methoxy groups -OCH3 is 1. The van der Waals surface area contributed by atoms with Crippen LogP contribution >= 0.6 is 15.9 Å². The van der Waals surface area contributed by atoms with Crippen LogP contribution in [0.5, 0.6) is 5.75 Å². The van der Waals surface area contributed by atoms with E-state index in [0.29, 0.717) is 0 Å². The summed E-state index contributed by atoms with van der Waals surface area (Å²) in [5.41, 5.74) is 7.63. The summed E-state index contributed by atoms with van der Waals surface area (Å²) < 4.78 is 5.45. The first kappa shape index (κ1) is 15.1. The molecule has 2 aromatic rings. The minimum Gasteiger partial charge on any atom is -0.496 e. The molecular weight excluding hydrogens is 312 g/mol. The van der Waals surface area contributed by atoms with Crippen LogP contribution in [-0.4, -0.2) is 7.11 Å². The smallest absolute Gasteiger partial charge is 0.124 e. The number of rotatable bonds is 3. The molecule has 1 atom stereocenters. The first-order valence-electron chi connectivity index (χ1n) is 6.81. The van der Waals surface area contributed by atoms with Crippen LogP contribution in [0, 0.1) is 27.7 Å². The summed E-state index contributed by atoms with van der Waals surface area (Å²) in [7, 11) is 1.73. The topological polar surface area (TPSA) is 9.23 Å². The molecule has 0 N–H and O–H groups in total. The predicted octanol–water partition coefficient (Wildman–Crippen LogP) is 5.41. The number of ether oxygens (including phenoxy) is 1. The van der Waals surface area contributed by atoms with Gasteiger partial charge in [-0.1, -0.05) is 46.3 Å². The second kappa shape index (κ2) is 6.01. The first-order valence-corrected chi connectivity index (χ1v) is 7.72. The molecule has 1 unspecified atom stereocenters. The van der Waals surface area contributed by atoms with E-state index in [-0.39, 0.29) is 4.83 Å². The van der Waals surface area contributed by atoms with E-state index in [0.717, 1.165) is 5.75 Å². The quantitative estimate of drug-likeness (QED) is 0.682. The number of hydrogen-bond acceptors (Lipinski definition) is 1. The van der Waals surface area contributed by atoms with E-state index in [1.165, 1.54) is 33.4 Å². The first-order chi connectivity index (χ1) is 9.45. The normalized spacial score (nSPS) is 12.3. The van der Waals surface area contributed by atoms with Gasteiger partial charge in [0.05, 0.1) is 11.9 Å².